The van der Waals surface area contributed by atoms with Crippen LogP contribution in [0, 0.1) is 5.41 Å². The number of likely N-dealkylation sites (N-methyl/N-ethyl adjacent to an activating group) is 1. The predicted molar refractivity (Wildman–Crippen MR) is 64.7 cm³/mol. The van der Waals surface area contributed by atoms with E-state index in [0.717, 1.165) is 0 Å². The van der Waals surface area contributed by atoms with Crippen LogP contribution in [0.5, 0.6) is 0 Å². The molecule has 1 unspecified atom stereocenters. The van der Waals surface area contributed by atoms with E-state index in [1.54, 1.807) is 4.90 Å². The second-order valence-electron chi connectivity index (χ2n) is 6.00. The molecule has 0 aromatic rings. The van der Waals surface area contributed by atoms with E-state index in [1.165, 1.54) is 0 Å². The number of carbonyl (C=O) groups is 1. The second-order valence-corrected chi connectivity index (χ2v) is 6.00. The van der Waals surface area contributed by atoms with Crippen LogP contribution in [-0.2, 0) is 0 Å². The first-order chi connectivity index (χ1) is 7.16. The Bertz CT molecular complexity index is 273. The number of amides is 1. The largest absolute Gasteiger partial charge is 0.465 e. The standard InChI is InChI=1S/C12H24N2O2/c1-8-7-14(11(15)16)10(12(3,4)5)9(2)13(8)6/h8-10H,7H2,1-6H3,(H,15,16)/t8-,9+,10?/m0/s1. The van der Waals surface area contributed by atoms with E-state index in [2.05, 4.69) is 46.6 Å². The Morgan fingerprint density at radius 3 is 2.19 bits per heavy atom. The Kier molecular flexibility index (Phi) is 3.53. The lowest BCUT2D eigenvalue weighted by Gasteiger charge is -2.52. The van der Waals surface area contributed by atoms with Gasteiger partial charge in [0.05, 0.1) is 6.04 Å². The van der Waals surface area contributed by atoms with Crippen molar-refractivity contribution in [3.05, 3.63) is 0 Å². The van der Waals surface area contributed by atoms with Crippen molar-refractivity contribution in [3.63, 3.8) is 0 Å². The van der Waals surface area contributed by atoms with E-state index in [4.69, 9.17) is 0 Å². The molecule has 0 bridgehead atoms. The molecule has 0 aromatic heterocycles. The molecule has 94 valence electrons. The minimum atomic E-state index is -0.799. The van der Waals surface area contributed by atoms with Crippen LogP contribution in [-0.4, -0.2) is 52.7 Å². The van der Waals surface area contributed by atoms with Gasteiger partial charge in [0.1, 0.15) is 0 Å². The average Bonchev–Trinajstić information content (AvgIpc) is 2.10. The van der Waals surface area contributed by atoms with Crippen molar-refractivity contribution in [1.82, 2.24) is 9.80 Å². The van der Waals surface area contributed by atoms with Crippen LogP contribution in [0.25, 0.3) is 0 Å². The maximum absolute atomic E-state index is 11.3. The maximum Gasteiger partial charge on any atom is 0.407 e. The number of hydrogen-bond acceptors (Lipinski definition) is 2. The lowest BCUT2D eigenvalue weighted by molar-refractivity contribution is -0.0286. The summed E-state index contributed by atoms with van der Waals surface area (Å²) in [6.45, 7) is 11.1. The summed E-state index contributed by atoms with van der Waals surface area (Å²) in [7, 11) is 2.08. The van der Waals surface area contributed by atoms with Gasteiger partial charge < -0.3 is 10.0 Å². The number of carboxylic acid groups (broad SMARTS) is 1. The van der Waals surface area contributed by atoms with Crippen molar-refractivity contribution in [2.75, 3.05) is 13.6 Å². The van der Waals surface area contributed by atoms with Crippen molar-refractivity contribution in [2.24, 2.45) is 5.41 Å². The Hall–Kier alpha value is -0.770. The molecule has 1 aliphatic rings. The highest BCUT2D eigenvalue weighted by Crippen LogP contribution is 2.33. The van der Waals surface area contributed by atoms with Crippen LogP contribution in [0.3, 0.4) is 0 Å². The number of hydrogen-bond donors (Lipinski definition) is 1. The molecule has 4 nitrogen and oxygen atoms in total. The SMILES string of the molecule is C[C@@H]1C(C(C)(C)C)N(C(=O)O)C[C@H](C)N1C. The Balaban J connectivity index is 3.03. The first-order valence-corrected chi connectivity index (χ1v) is 5.87. The van der Waals surface area contributed by atoms with Gasteiger partial charge in [-0.1, -0.05) is 20.8 Å². The summed E-state index contributed by atoms with van der Waals surface area (Å²) in [6.07, 6.45) is -0.799. The first-order valence-electron chi connectivity index (χ1n) is 5.87. The Labute approximate surface area is 98.2 Å². The minimum Gasteiger partial charge on any atom is -0.465 e. The second kappa shape index (κ2) is 4.24. The minimum absolute atomic E-state index is 0.0355. The quantitative estimate of drug-likeness (QED) is 0.690. The fourth-order valence-corrected chi connectivity index (χ4v) is 2.80. The van der Waals surface area contributed by atoms with Crippen LogP contribution in [0.4, 0.5) is 4.79 Å². The van der Waals surface area contributed by atoms with Crippen molar-refractivity contribution < 1.29 is 9.90 Å². The fraction of sp³-hybridized carbons (Fsp3) is 0.917. The molecule has 0 radical (unpaired) electrons. The zero-order valence-corrected chi connectivity index (χ0v) is 11.2. The molecule has 1 fully saturated rings. The molecule has 0 saturated carbocycles. The lowest BCUT2D eigenvalue weighted by atomic mass is 9.79. The number of piperazine rings is 1. The van der Waals surface area contributed by atoms with Crippen LogP contribution in [0.1, 0.15) is 34.6 Å². The summed E-state index contributed by atoms with van der Waals surface area (Å²) in [5.41, 5.74) is -0.0355. The third-order valence-electron chi connectivity index (χ3n) is 3.72. The van der Waals surface area contributed by atoms with Gasteiger partial charge in [0.2, 0.25) is 0 Å². The first kappa shape index (κ1) is 13.3. The molecule has 1 heterocycles. The molecular formula is C12H24N2O2. The lowest BCUT2D eigenvalue weighted by Crippen LogP contribution is -2.65. The molecule has 0 aliphatic carbocycles. The van der Waals surface area contributed by atoms with Gasteiger partial charge in [-0.2, -0.15) is 0 Å². The van der Waals surface area contributed by atoms with Crippen molar-refractivity contribution in [2.45, 2.75) is 52.7 Å². The fourth-order valence-electron chi connectivity index (χ4n) is 2.80. The Morgan fingerprint density at radius 1 is 1.31 bits per heavy atom. The van der Waals surface area contributed by atoms with Crippen LogP contribution in [0.2, 0.25) is 0 Å². The van der Waals surface area contributed by atoms with Gasteiger partial charge >= 0.3 is 6.09 Å². The van der Waals surface area contributed by atoms with E-state index in [-0.39, 0.29) is 23.5 Å². The van der Waals surface area contributed by atoms with E-state index in [9.17, 15) is 9.90 Å². The van der Waals surface area contributed by atoms with Gasteiger partial charge in [0, 0.05) is 18.6 Å². The number of rotatable bonds is 0. The Morgan fingerprint density at radius 2 is 1.81 bits per heavy atom. The van der Waals surface area contributed by atoms with Gasteiger partial charge in [0.25, 0.3) is 0 Å². The third-order valence-corrected chi connectivity index (χ3v) is 3.72. The zero-order valence-electron chi connectivity index (χ0n) is 11.2. The average molecular weight is 228 g/mol. The summed E-state index contributed by atoms with van der Waals surface area (Å²) in [6, 6.07) is 0.579. The monoisotopic (exact) mass is 228 g/mol. The molecule has 1 rings (SSSR count). The summed E-state index contributed by atoms with van der Waals surface area (Å²) in [5, 5.41) is 9.30. The van der Waals surface area contributed by atoms with Crippen molar-refractivity contribution >= 4 is 6.09 Å². The van der Waals surface area contributed by atoms with E-state index in [0.29, 0.717) is 6.54 Å². The summed E-state index contributed by atoms with van der Waals surface area (Å²) in [5.74, 6) is 0. The third kappa shape index (κ3) is 2.32. The zero-order chi connectivity index (χ0) is 12.7. The topological polar surface area (TPSA) is 43.8 Å². The molecule has 16 heavy (non-hydrogen) atoms. The summed E-state index contributed by atoms with van der Waals surface area (Å²) in [4.78, 5) is 15.2. The summed E-state index contributed by atoms with van der Waals surface area (Å²) < 4.78 is 0. The molecule has 0 spiro atoms. The molecule has 0 aromatic carbocycles. The van der Waals surface area contributed by atoms with Gasteiger partial charge in [-0.05, 0) is 26.3 Å². The van der Waals surface area contributed by atoms with Gasteiger partial charge in [-0.25, -0.2) is 4.79 Å². The van der Waals surface area contributed by atoms with Gasteiger partial charge in [0.15, 0.2) is 0 Å². The van der Waals surface area contributed by atoms with Crippen molar-refractivity contribution in [3.8, 4) is 0 Å². The molecule has 4 heteroatoms. The highest BCUT2D eigenvalue weighted by Gasteiger charge is 2.44. The van der Waals surface area contributed by atoms with Crippen LogP contribution < -0.4 is 0 Å². The maximum atomic E-state index is 11.3. The molecule has 3 atom stereocenters. The molecule has 1 saturated heterocycles. The predicted octanol–water partition coefficient (Wildman–Crippen LogP) is 2.10. The van der Waals surface area contributed by atoms with Crippen molar-refractivity contribution in [1.29, 1.82) is 0 Å². The van der Waals surface area contributed by atoms with E-state index < -0.39 is 6.09 Å². The normalized spacial score (nSPS) is 32.9. The van der Waals surface area contributed by atoms with Gasteiger partial charge in [-0.3, -0.25) is 4.90 Å². The molecule has 1 N–H and O–H groups in total. The highest BCUT2D eigenvalue weighted by molar-refractivity contribution is 5.66. The molecule has 1 aliphatic heterocycles. The van der Waals surface area contributed by atoms with E-state index in [1.807, 2.05) is 0 Å². The van der Waals surface area contributed by atoms with E-state index >= 15 is 0 Å². The van der Waals surface area contributed by atoms with Gasteiger partial charge in [-0.15, -0.1) is 0 Å². The smallest absolute Gasteiger partial charge is 0.407 e. The van der Waals surface area contributed by atoms with Crippen LogP contribution in [0.15, 0.2) is 0 Å². The number of nitrogens with zero attached hydrogens (tertiary/aromatic N) is 2. The highest BCUT2D eigenvalue weighted by atomic mass is 16.4. The summed E-state index contributed by atoms with van der Waals surface area (Å²) >= 11 is 0. The molecular weight excluding hydrogens is 204 g/mol. The van der Waals surface area contributed by atoms with Crippen LogP contribution >= 0.6 is 0 Å². The molecule has 1 amide bonds.